The Balaban J connectivity index is 1.37. The molecule has 0 aliphatic carbocycles. The largest absolute Gasteiger partial charge is 0.416 e. The van der Waals surface area contributed by atoms with Crippen LogP contribution in [0, 0.1) is 11.8 Å². The Morgan fingerprint density at radius 1 is 1.15 bits per heavy atom. The number of carbonyl (C=O) groups is 2. The second-order valence-electron chi connectivity index (χ2n) is 9.16. The lowest BCUT2D eigenvalue weighted by atomic mass is 10.1. The Morgan fingerprint density at radius 2 is 1.95 bits per heavy atom. The number of anilines is 1. The zero-order valence-electron chi connectivity index (χ0n) is 21.3. The highest BCUT2D eigenvalue weighted by Crippen LogP contribution is 2.30. The summed E-state index contributed by atoms with van der Waals surface area (Å²) < 4.78 is 40.8. The van der Waals surface area contributed by atoms with Crippen LogP contribution in [0.4, 0.5) is 19.1 Å². The maximum absolute atomic E-state index is 13.0. The van der Waals surface area contributed by atoms with Gasteiger partial charge in [-0.2, -0.15) is 13.2 Å². The Kier molecular flexibility index (Phi) is 7.00. The molecule has 0 unspecified atom stereocenters. The molecule has 2 aromatic carbocycles. The molecule has 2 aromatic heterocycles. The van der Waals surface area contributed by atoms with Crippen LogP contribution in [0.1, 0.15) is 48.7 Å². The van der Waals surface area contributed by atoms with Crippen molar-refractivity contribution in [2.45, 2.75) is 19.1 Å². The molecule has 0 atom stereocenters. The molecule has 2 amide bonds. The van der Waals surface area contributed by atoms with E-state index in [-0.39, 0.29) is 18.4 Å². The number of nitrogens with zero attached hydrogens (tertiary/aromatic N) is 3. The highest BCUT2D eigenvalue weighted by molar-refractivity contribution is 5.98. The molecule has 0 radical (unpaired) electrons. The Morgan fingerprint density at radius 3 is 2.73 bits per heavy atom. The summed E-state index contributed by atoms with van der Waals surface area (Å²) in [6.07, 6.45) is -2.28. The number of alkyl halides is 3. The van der Waals surface area contributed by atoms with Gasteiger partial charge in [-0.3, -0.25) is 9.59 Å². The molecular formula is C29H23F3N6O2. The molecule has 4 N–H and O–H groups in total. The van der Waals surface area contributed by atoms with Crippen LogP contribution in [0.3, 0.4) is 0 Å². The molecule has 202 valence electrons. The number of hydrogen-bond donors (Lipinski definition) is 3. The summed E-state index contributed by atoms with van der Waals surface area (Å²) in [5.74, 6) is 5.50. The van der Waals surface area contributed by atoms with Gasteiger partial charge in [-0.25, -0.2) is 9.97 Å². The number of halogens is 3. The second-order valence-corrected chi connectivity index (χ2v) is 9.16. The molecule has 8 nitrogen and oxygen atoms in total. The summed E-state index contributed by atoms with van der Waals surface area (Å²) in [4.78, 5) is 33.5. The van der Waals surface area contributed by atoms with Gasteiger partial charge in [-0.05, 0) is 42.0 Å². The first kappa shape index (κ1) is 26.5. The minimum atomic E-state index is -4.46. The molecule has 0 fully saturated rings. The molecule has 5 rings (SSSR count). The predicted octanol–water partition coefficient (Wildman–Crippen LogP) is 3.70. The van der Waals surface area contributed by atoms with Crippen LogP contribution in [-0.2, 0) is 26.2 Å². The molecule has 0 spiro atoms. The summed E-state index contributed by atoms with van der Waals surface area (Å²) in [5.41, 5.74) is 9.33. The van der Waals surface area contributed by atoms with Crippen molar-refractivity contribution in [3.05, 3.63) is 99.9 Å². The van der Waals surface area contributed by atoms with Crippen molar-refractivity contribution < 1.29 is 22.8 Å². The van der Waals surface area contributed by atoms with Gasteiger partial charge in [-0.15, -0.1) is 0 Å². The molecule has 1 aliphatic rings. The van der Waals surface area contributed by atoms with Crippen LogP contribution in [0.5, 0.6) is 0 Å². The highest BCUT2D eigenvalue weighted by Gasteiger charge is 2.30. The van der Waals surface area contributed by atoms with Crippen LogP contribution in [0.15, 0.2) is 60.8 Å². The van der Waals surface area contributed by atoms with Gasteiger partial charge in [0.2, 0.25) is 5.95 Å². The molecule has 0 saturated heterocycles. The van der Waals surface area contributed by atoms with Crippen molar-refractivity contribution in [3.8, 4) is 23.2 Å². The molecule has 1 aliphatic heterocycles. The van der Waals surface area contributed by atoms with E-state index in [9.17, 15) is 22.8 Å². The molecule has 40 heavy (non-hydrogen) atoms. The zero-order chi connectivity index (χ0) is 28.4. The SMILES string of the molecule is Cn1c(-c2nc(N)ncc2C#Cc2cccc(C(=O)NCc3cccc(C(F)(F)F)c3)c2)cc2c1CCNC2=O. The quantitative estimate of drug-likeness (QED) is 0.339. The Bertz CT molecular complexity index is 1700. The molecule has 0 saturated carbocycles. The topological polar surface area (TPSA) is 115 Å². The molecule has 3 heterocycles. The fourth-order valence-corrected chi connectivity index (χ4v) is 4.46. The van der Waals surface area contributed by atoms with Gasteiger partial charge in [-0.1, -0.05) is 30.0 Å². The smallest absolute Gasteiger partial charge is 0.368 e. The second kappa shape index (κ2) is 10.6. The lowest BCUT2D eigenvalue weighted by Crippen LogP contribution is -2.31. The number of nitrogen functional groups attached to an aromatic ring is 1. The summed E-state index contributed by atoms with van der Waals surface area (Å²) >= 11 is 0. The van der Waals surface area contributed by atoms with E-state index in [0.29, 0.717) is 52.2 Å². The maximum atomic E-state index is 13.0. The minimum absolute atomic E-state index is 0.0589. The number of benzene rings is 2. The standard InChI is InChI=1S/C29H23F3N6O2/c1-38-23-10-11-34-27(40)22(23)14-24(38)25-20(16-36-28(33)37-25)9-8-17-4-2-6-19(12-17)26(39)35-15-18-5-3-7-21(13-18)29(30,31)32/h2-7,12-14,16H,10-11,15H2,1H3,(H,34,40)(H,35,39)(H2,33,36,37). The van der Waals surface area contributed by atoms with Gasteiger partial charge in [0.05, 0.1) is 22.4 Å². The van der Waals surface area contributed by atoms with E-state index >= 15 is 0 Å². The number of nitrogens with one attached hydrogen (secondary N) is 2. The third-order valence-corrected chi connectivity index (χ3v) is 6.47. The van der Waals surface area contributed by atoms with Gasteiger partial charge < -0.3 is 20.9 Å². The number of aromatic nitrogens is 3. The van der Waals surface area contributed by atoms with Crippen molar-refractivity contribution in [2.75, 3.05) is 12.3 Å². The van der Waals surface area contributed by atoms with E-state index in [1.54, 1.807) is 30.3 Å². The number of nitrogens with two attached hydrogens (primary N) is 1. The van der Waals surface area contributed by atoms with E-state index in [1.807, 2.05) is 11.6 Å². The van der Waals surface area contributed by atoms with Crippen molar-refractivity contribution in [3.63, 3.8) is 0 Å². The van der Waals surface area contributed by atoms with E-state index in [4.69, 9.17) is 5.73 Å². The molecular weight excluding hydrogens is 521 g/mol. The first-order valence-corrected chi connectivity index (χ1v) is 12.3. The Hall–Kier alpha value is -5.11. The summed E-state index contributed by atoms with van der Waals surface area (Å²) in [6, 6.07) is 13.1. The van der Waals surface area contributed by atoms with Gasteiger partial charge in [0, 0.05) is 49.6 Å². The van der Waals surface area contributed by atoms with Crippen molar-refractivity contribution in [1.29, 1.82) is 0 Å². The number of hydrogen-bond acceptors (Lipinski definition) is 5. The maximum Gasteiger partial charge on any atom is 0.416 e. The van der Waals surface area contributed by atoms with Crippen molar-refractivity contribution in [1.82, 2.24) is 25.2 Å². The van der Waals surface area contributed by atoms with E-state index < -0.39 is 17.6 Å². The third-order valence-electron chi connectivity index (χ3n) is 6.47. The predicted molar refractivity (Wildman–Crippen MR) is 142 cm³/mol. The first-order chi connectivity index (χ1) is 19.1. The highest BCUT2D eigenvalue weighted by atomic mass is 19.4. The first-order valence-electron chi connectivity index (χ1n) is 12.3. The van der Waals surface area contributed by atoms with E-state index in [1.165, 1.54) is 18.3 Å². The fourth-order valence-electron chi connectivity index (χ4n) is 4.46. The Labute approximate surface area is 227 Å². The average Bonchev–Trinajstić information content (AvgIpc) is 3.28. The molecule has 0 bridgehead atoms. The lowest BCUT2D eigenvalue weighted by molar-refractivity contribution is -0.137. The van der Waals surface area contributed by atoms with Gasteiger partial charge in [0.1, 0.15) is 5.69 Å². The number of fused-ring (bicyclic) bond motifs is 1. The average molecular weight is 545 g/mol. The van der Waals surface area contributed by atoms with Gasteiger partial charge in [0.25, 0.3) is 11.8 Å². The van der Waals surface area contributed by atoms with Gasteiger partial charge in [0.15, 0.2) is 0 Å². The summed E-state index contributed by atoms with van der Waals surface area (Å²) in [5, 5.41) is 5.47. The molecule has 4 aromatic rings. The van der Waals surface area contributed by atoms with Crippen molar-refractivity contribution in [2.24, 2.45) is 7.05 Å². The van der Waals surface area contributed by atoms with Crippen LogP contribution < -0.4 is 16.4 Å². The van der Waals surface area contributed by atoms with Gasteiger partial charge >= 0.3 is 6.18 Å². The zero-order valence-corrected chi connectivity index (χ0v) is 21.3. The molecule has 11 heteroatoms. The van der Waals surface area contributed by atoms with Crippen LogP contribution in [0.25, 0.3) is 11.4 Å². The van der Waals surface area contributed by atoms with E-state index in [0.717, 1.165) is 17.8 Å². The normalized spacial score (nSPS) is 12.7. The number of amides is 2. The number of rotatable bonds is 4. The summed E-state index contributed by atoms with van der Waals surface area (Å²) in [6.45, 7) is 0.481. The van der Waals surface area contributed by atoms with Crippen LogP contribution >= 0.6 is 0 Å². The third kappa shape index (κ3) is 5.51. The minimum Gasteiger partial charge on any atom is -0.368 e. The van der Waals surface area contributed by atoms with Crippen molar-refractivity contribution >= 4 is 17.8 Å². The van der Waals surface area contributed by atoms with Crippen LogP contribution in [0.2, 0.25) is 0 Å². The fraction of sp³-hybridized carbons (Fsp3) is 0.172. The number of carbonyl (C=O) groups excluding carboxylic acids is 2. The van der Waals surface area contributed by atoms with Crippen LogP contribution in [-0.4, -0.2) is 32.9 Å². The monoisotopic (exact) mass is 544 g/mol. The van der Waals surface area contributed by atoms with E-state index in [2.05, 4.69) is 32.4 Å². The summed E-state index contributed by atoms with van der Waals surface area (Å²) in [7, 11) is 1.85. The lowest BCUT2D eigenvalue weighted by Gasteiger charge is -2.14.